The van der Waals surface area contributed by atoms with Crippen LogP contribution in [0.25, 0.3) is 0 Å². The third-order valence-electron chi connectivity index (χ3n) is 5.01. The molecule has 1 aliphatic rings. The van der Waals surface area contributed by atoms with Crippen LogP contribution in [0.15, 0.2) is 54.7 Å². The Balaban J connectivity index is 1.70. The second-order valence-electron chi connectivity index (χ2n) is 7.05. The van der Waals surface area contributed by atoms with Crippen molar-refractivity contribution in [2.45, 2.75) is 19.0 Å². The maximum absolute atomic E-state index is 6.51. The lowest BCUT2D eigenvalue weighted by Gasteiger charge is -2.27. The summed E-state index contributed by atoms with van der Waals surface area (Å²) >= 11 is 12.2. The fourth-order valence-electron chi connectivity index (χ4n) is 3.64. The Morgan fingerprint density at radius 3 is 2.70 bits per heavy atom. The number of thiocarbonyl (C=S) groups is 1. The topological polar surface area (TPSA) is 62.4 Å². The summed E-state index contributed by atoms with van der Waals surface area (Å²) in [4.78, 5) is 10.1. The van der Waals surface area contributed by atoms with Crippen molar-refractivity contribution in [1.82, 2.24) is 15.3 Å². The van der Waals surface area contributed by atoms with Crippen LogP contribution in [0, 0.1) is 6.92 Å². The van der Waals surface area contributed by atoms with E-state index in [9.17, 15) is 0 Å². The van der Waals surface area contributed by atoms with Crippen molar-refractivity contribution in [3.63, 3.8) is 0 Å². The van der Waals surface area contributed by atoms with Gasteiger partial charge in [0.25, 0.3) is 0 Å². The highest BCUT2D eigenvalue weighted by molar-refractivity contribution is 7.80. The quantitative estimate of drug-likeness (QED) is 0.412. The van der Waals surface area contributed by atoms with E-state index in [-0.39, 0.29) is 12.1 Å². The van der Waals surface area contributed by atoms with Gasteiger partial charge in [-0.1, -0.05) is 17.7 Å². The monoisotopic (exact) mass is 442 g/mol. The van der Waals surface area contributed by atoms with Crippen LogP contribution in [0.3, 0.4) is 0 Å². The fourth-order valence-corrected chi connectivity index (χ4v) is 4.21. The van der Waals surface area contributed by atoms with Gasteiger partial charge in [0.05, 0.1) is 23.4 Å². The number of nitrogens with zero attached hydrogens (tertiary/aromatic N) is 2. The van der Waals surface area contributed by atoms with Crippen molar-refractivity contribution in [3.8, 4) is 5.75 Å². The molecule has 6 nitrogen and oxygen atoms in total. The second-order valence-corrected chi connectivity index (χ2v) is 7.84. The molecule has 2 N–H and O–H groups in total. The van der Waals surface area contributed by atoms with Crippen molar-refractivity contribution < 1.29 is 9.47 Å². The molecule has 156 valence electrons. The highest BCUT2D eigenvalue weighted by Crippen LogP contribution is 2.42. The SMILES string of the molecule is COCCOc1ccc(N2C(=S)N[C@H](c3ccccn3)[C@H]2c2ccc(C)[nH]2)cc1Cl. The van der Waals surface area contributed by atoms with Gasteiger partial charge in [0, 0.05) is 30.4 Å². The summed E-state index contributed by atoms with van der Waals surface area (Å²) in [5.41, 5.74) is 3.94. The molecule has 2 aromatic heterocycles. The number of pyridine rings is 1. The number of halogens is 1. The molecule has 0 radical (unpaired) electrons. The van der Waals surface area contributed by atoms with Crippen LogP contribution in [0.1, 0.15) is 29.2 Å². The molecule has 3 aromatic rings. The van der Waals surface area contributed by atoms with Crippen LogP contribution in [0.2, 0.25) is 5.02 Å². The molecule has 1 fully saturated rings. The van der Waals surface area contributed by atoms with Gasteiger partial charge in [-0.25, -0.2) is 0 Å². The molecular weight excluding hydrogens is 420 g/mol. The zero-order chi connectivity index (χ0) is 21.1. The van der Waals surface area contributed by atoms with E-state index in [1.54, 1.807) is 13.3 Å². The van der Waals surface area contributed by atoms with Crippen LogP contribution in [0.5, 0.6) is 5.75 Å². The van der Waals surface area contributed by atoms with Crippen molar-refractivity contribution >= 4 is 34.6 Å². The van der Waals surface area contributed by atoms with Crippen molar-refractivity contribution in [2.75, 3.05) is 25.2 Å². The molecule has 0 unspecified atom stereocenters. The van der Waals surface area contributed by atoms with Gasteiger partial charge in [0.2, 0.25) is 0 Å². The molecule has 1 saturated heterocycles. The van der Waals surface area contributed by atoms with E-state index in [1.807, 2.05) is 43.3 Å². The second kappa shape index (κ2) is 9.04. The number of hydrogen-bond acceptors (Lipinski definition) is 4. The first-order valence-corrected chi connectivity index (χ1v) is 10.4. The Labute approximate surface area is 186 Å². The van der Waals surface area contributed by atoms with Crippen LogP contribution in [-0.4, -0.2) is 35.4 Å². The zero-order valence-corrected chi connectivity index (χ0v) is 18.3. The van der Waals surface area contributed by atoms with Gasteiger partial charge in [0.15, 0.2) is 5.11 Å². The van der Waals surface area contributed by atoms with Gasteiger partial charge in [-0.3, -0.25) is 4.98 Å². The van der Waals surface area contributed by atoms with Crippen LogP contribution in [-0.2, 0) is 4.74 Å². The number of methoxy groups -OCH3 is 1. The highest BCUT2D eigenvalue weighted by Gasteiger charge is 2.41. The summed E-state index contributed by atoms with van der Waals surface area (Å²) in [5, 5.41) is 4.58. The smallest absolute Gasteiger partial charge is 0.174 e. The van der Waals surface area contributed by atoms with E-state index in [0.29, 0.717) is 29.1 Å². The molecule has 1 aliphatic heterocycles. The number of nitrogens with one attached hydrogen (secondary N) is 2. The van der Waals surface area contributed by atoms with Gasteiger partial charge in [-0.2, -0.15) is 0 Å². The maximum atomic E-state index is 6.51. The number of anilines is 1. The molecule has 0 amide bonds. The lowest BCUT2D eigenvalue weighted by atomic mass is 10.0. The number of ether oxygens (including phenoxy) is 2. The van der Waals surface area contributed by atoms with Gasteiger partial charge >= 0.3 is 0 Å². The third-order valence-corrected chi connectivity index (χ3v) is 5.62. The molecule has 1 aromatic carbocycles. The molecular formula is C22H23ClN4O2S. The number of hydrogen-bond donors (Lipinski definition) is 2. The molecule has 0 spiro atoms. The largest absolute Gasteiger partial charge is 0.490 e. The zero-order valence-electron chi connectivity index (χ0n) is 16.8. The van der Waals surface area contributed by atoms with E-state index in [2.05, 4.69) is 32.3 Å². The van der Waals surface area contributed by atoms with E-state index in [1.165, 1.54) is 0 Å². The molecule has 0 saturated carbocycles. The van der Waals surface area contributed by atoms with Gasteiger partial charge in [0.1, 0.15) is 18.4 Å². The number of H-pyrrole nitrogens is 1. The summed E-state index contributed by atoms with van der Waals surface area (Å²) in [7, 11) is 1.63. The molecule has 2 atom stereocenters. The summed E-state index contributed by atoms with van der Waals surface area (Å²) < 4.78 is 10.7. The first kappa shape index (κ1) is 20.7. The number of benzene rings is 1. The molecule has 4 rings (SSSR count). The van der Waals surface area contributed by atoms with Crippen molar-refractivity contribution in [1.29, 1.82) is 0 Å². The Bertz CT molecular complexity index is 1030. The third kappa shape index (κ3) is 4.14. The van der Waals surface area contributed by atoms with E-state index >= 15 is 0 Å². The lowest BCUT2D eigenvalue weighted by Crippen LogP contribution is -2.29. The Kier molecular flexibility index (Phi) is 6.22. The van der Waals surface area contributed by atoms with Crippen molar-refractivity contribution in [3.05, 3.63) is 76.8 Å². The standard InChI is InChI=1S/C22H23ClN4O2S/c1-14-6-8-18(25-14)21-20(17-5-3-4-10-24-17)26-22(30)27(21)15-7-9-19(16(23)13-15)29-12-11-28-2/h3-10,13,20-21,25H,11-12H2,1-2H3,(H,26,30)/t20-,21-/m1/s1. The van der Waals surface area contributed by atoms with Gasteiger partial charge < -0.3 is 24.7 Å². The van der Waals surface area contributed by atoms with Crippen LogP contribution >= 0.6 is 23.8 Å². The average Bonchev–Trinajstić information content (AvgIpc) is 3.33. The highest BCUT2D eigenvalue weighted by atomic mass is 35.5. The lowest BCUT2D eigenvalue weighted by molar-refractivity contribution is 0.146. The molecule has 8 heteroatoms. The van der Waals surface area contributed by atoms with E-state index < -0.39 is 0 Å². The van der Waals surface area contributed by atoms with Gasteiger partial charge in [-0.15, -0.1) is 0 Å². The molecule has 0 aliphatic carbocycles. The summed E-state index contributed by atoms with van der Waals surface area (Å²) in [6, 6.07) is 15.5. The van der Waals surface area contributed by atoms with Gasteiger partial charge in [-0.05, 0) is 61.6 Å². The van der Waals surface area contributed by atoms with Crippen LogP contribution in [0.4, 0.5) is 5.69 Å². The first-order chi connectivity index (χ1) is 14.6. The Morgan fingerprint density at radius 1 is 1.17 bits per heavy atom. The number of aryl methyl sites for hydroxylation is 1. The molecule has 0 bridgehead atoms. The predicted octanol–water partition coefficient (Wildman–Crippen LogP) is 4.57. The minimum Gasteiger partial charge on any atom is -0.490 e. The molecule has 3 heterocycles. The Morgan fingerprint density at radius 2 is 2.03 bits per heavy atom. The van der Waals surface area contributed by atoms with Crippen molar-refractivity contribution in [2.24, 2.45) is 0 Å². The maximum Gasteiger partial charge on any atom is 0.174 e. The fraction of sp³-hybridized carbons (Fsp3) is 0.273. The first-order valence-electron chi connectivity index (χ1n) is 9.66. The number of aromatic nitrogens is 2. The van der Waals surface area contributed by atoms with E-state index in [0.717, 1.165) is 22.8 Å². The number of rotatable bonds is 7. The minimum absolute atomic E-state index is 0.0996. The summed E-state index contributed by atoms with van der Waals surface area (Å²) in [5.74, 6) is 0.615. The van der Waals surface area contributed by atoms with Crippen LogP contribution < -0.4 is 15.0 Å². The summed E-state index contributed by atoms with van der Waals surface area (Å²) in [6.45, 7) is 2.97. The number of aromatic amines is 1. The Hall–Kier alpha value is -2.61. The predicted molar refractivity (Wildman–Crippen MR) is 122 cm³/mol. The van der Waals surface area contributed by atoms with E-state index in [4.69, 9.17) is 33.3 Å². The molecule has 30 heavy (non-hydrogen) atoms. The summed E-state index contributed by atoms with van der Waals surface area (Å²) in [6.07, 6.45) is 1.79. The minimum atomic E-state index is -0.104. The average molecular weight is 443 g/mol. The normalized spacial score (nSPS) is 18.5.